The van der Waals surface area contributed by atoms with Crippen LogP contribution in [0.25, 0.3) is 16.7 Å². The SMILES string of the molecule is Cn1c(=O)n(C2CCC(=O)NC2=O)c2cccc(CCCOC3CCN(CC4CCC(n5cc(CC(=O)c6cnn7ccc(N8C[C@@H]9C[C@H]8CO9)nc67)c(C(F)F)n5)CC4)CC3)c21. The molecule has 4 aromatic heterocycles. The molecule has 8 heterocycles. The van der Waals surface area contributed by atoms with Crippen LogP contribution in [0.15, 0.2) is 47.7 Å². The summed E-state index contributed by atoms with van der Waals surface area (Å²) in [6.45, 7) is 4.95. The largest absolute Gasteiger partial charge is 0.378 e. The highest BCUT2D eigenvalue weighted by Crippen LogP contribution is 2.36. The molecule has 3 atom stereocenters. The van der Waals surface area contributed by atoms with Crippen molar-refractivity contribution in [2.24, 2.45) is 13.0 Å². The van der Waals surface area contributed by atoms with E-state index in [4.69, 9.17) is 14.5 Å². The smallest absolute Gasteiger partial charge is 0.329 e. The van der Waals surface area contributed by atoms with Crippen LogP contribution in [0.1, 0.15) is 110 Å². The summed E-state index contributed by atoms with van der Waals surface area (Å²) in [5, 5.41) is 11.1. The summed E-state index contributed by atoms with van der Waals surface area (Å²) in [5.74, 6) is 0.213. The number of Topliss-reactive ketones (excluding diaryl/α,β-unsaturated/α-hetero) is 1. The van der Waals surface area contributed by atoms with E-state index in [1.165, 1.54) is 10.8 Å². The zero-order valence-electron chi connectivity index (χ0n) is 35.5. The number of fused-ring (bicyclic) bond motifs is 4. The van der Waals surface area contributed by atoms with Crippen LogP contribution in [0, 0.1) is 5.92 Å². The van der Waals surface area contributed by atoms with Gasteiger partial charge in [0.15, 0.2) is 11.4 Å². The second kappa shape index (κ2) is 17.3. The molecular weight excluding hydrogens is 815 g/mol. The van der Waals surface area contributed by atoms with Crippen LogP contribution in [0.4, 0.5) is 14.6 Å². The van der Waals surface area contributed by atoms with Crippen molar-refractivity contribution in [2.45, 2.75) is 114 Å². The predicted octanol–water partition coefficient (Wildman–Crippen LogP) is 4.74. The first kappa shape index (κ1) is 41.7. The number of carbonyl (C=O) groups is 3. The molecule has 5 aromatic rings. The van der Waals surface area contributed by atoms with Gasteiger partial charge in [-0.2, -0.15) is 10.2 Å². The van der Waals surface area contributed by atoms with Crippen LogP contribution in [0.5, 0.6) is 0 Å². The van der Waals surface area contributed by atoms with Crippen molar-refractivity contribution in [3.63, 3.8) is 0 Å². The Balaban J connectivity index is 0.682. The minimum absolute atomic E-state index is 0.00446. The maximum Gasteiger partial charge on any atom is 0.329 e. The van der Waals surface area contributed by atoms with E-state index >= 15 is 0 Å². The molecule has 2 amide bonds. The molecule has 1 saturated carbocycles. The van der Waals surface area contributed by atoms with Gasteiger partial charge in [-0.1, -0.05) is 12.1 Å². The molecule has 1 N–H and O–H groups in total. The van der Waals surface area contributed by atoms with Gasteiger partial charge in [-0.3, -0.25) is 33.5 Å². The number of morpholine rings is 1. The minimum Gasteiger partial charge on any atom is -0.378 e. The molecule has 1 aromatic carbocycles. The molecule has 1 unspecified atom stereocenters. The van der Waals surface area contributed by atoms with Gasteiger partial charge in [0.1, 0.15) is 17.6 Å². The van der Waals surface area contributed by atoms with Crippen LogP contribution in [-0.4, -0.2) is 114 Å². The third-order valence-corrected chi connectivity index (χ3v) is 14.1. The zero-order valence-corrected chi connectivity index (χ0v) is 35.5. The minimum atomic E-state index is -2.79. The van der Waals surface area contributed by atoms with Crippen molar-refractivity contribution < 1.29 is 32.6 Å². The number of aryl methyl sites for hydroxylation is 2. The number of ether oxygens (including phenoxy) is 2. The van der Waals surface area contributed by atoms with E-state index in [0.29, 0.717) is 42.3 Å². The molecule has 5 aliphatic rings. The Morgan fingerprint density at radius 1 is 1.02 bits per heavy atom. The lowest BCUT2D eigenvalue weighted by molar-refractivity contribution is -0.135. The second-order valence-electron chi connectivity index (χ2n) is 18.1. The van der Waals surface area contributed by atoms with E-state index in [-0.39, 0.29) is 65.8 Å². The summed E-state index contributed by atoms with van der Waals surface area (Å²) in [6.07, 6.45) is 10.9. The average Bonchev–Trinajstić information content (AvgIpc) is 4.13. The second-order valence-corrected chi connectivity index (χ2v) is 18.1. The first-order valence-corrected chi connectivity index (χ1v) is 22.6. The Morgan fingerprint density at radius 2 is 1.84 bits per heavy atom. The molecule has 2 bridgehead atoms. The number of piperidine rings is 2. The number of carbonyl (C=O) groups excluding carboxylic acids is 3. The number of para-hydroxylation sites is 1. The van der Waals surface area contributed by atoms with Crippen molar-refractivity contribution in [1.29, 1.82) is 0 Å². The predicted molar refractivity (Wildman–Crippen MR) is 227 cm³/mol. The van der Waals surface area contributed by atoms with Crippen molar-refractivity contribution >= 4 is 40.1 Å². The quantitative estimate of drug-likeness (QED) is 0.0932. The lowest BCUT2D eigenvalue weighted by Crippen LogP contribution is -2.44. The van der Waals surface area contributed by atoms with Gasteiger partial charge in [0.2, 0.25) is 11.8 Å². The molecular formula is C45H54F2N10O6. The standard InChI is InChI=1S/C45H54F2N10O6/c1-52-41-28(4-2-6-35(41)57(45(52)61)36-11-12-39(59)50-44(36)60)5-3-19-62-32-13-16-53(17-14-32)23-27-7-9-30(10-8-27)56-24-29(40(51-56)42(46)47)20-37(58)34-22-48-55-18-15-38(49-43(34)55)54-25-33-21-31(54)26-63-33/h2,4,6,15,18,22,24,27,30-33,36,42H,3,5,7-14,16-17,19-21,23,25-26H2,1H3,(H,50,59,60)/t27?,30?,31-,33-,36?/m0/s1. The maximum absolute atomic E-state index is 14.3. The molecule has 334 valence electrons. The summed E-state index contributed by atoms with van der Waals surface area (Å²) in [4.78, 5) is 60.8. The van der Waals surface area contributed by atoms with Crippen LogP contribution in [0.3, 0.4) is 0 Å². The highest BCUT2D eigenvalue weighted by Gasteiger charge is 2.40. The van der Waals surface area contributed by atoms with Crippen LogP contribution >= 0.6 is 0 Å². The van der Waals surface area contributed by atoms with Crippen LogP contribution in [-0.2, 0) is 39.0 Å². The summed E-state index contributed by atoms with van der Waals surface area (Å²) >= 11 is 0. The van der Waals surface area contributed by atoms with Gasteiger partial charge < -0.3 is 19.3 Å². The number of amides is 2. The first-order valence-electron chi connectivity index (χ1n) is 22.6. The number of nitrogens with one attached hydrogen (secondary N) is 1. The number of aromatic nitrogens is 7. The topological polar surface area (TPSA) is 163 Å². The number of imide groups is 1. The molecule has 16 nitrogen and oxygen atoms in total. The molecule has 18 heteroatoms. The summed E-state index contributed by atoms with van der Waals surface area (Å²) < 4.78 is 47.1. The molecule has 63 heavy (non-hydrogen) atoms. The van der Waals surface area contributed by atoms with E-state index in [1.807, 2.05) is 24.3 Å². The third-order valence-electron chi connectivity index (χ3n) is 14.1. The van der Waals surface area contributed by atoms with Gasteiger partial charge >= 0.3 is 5.69 Å². The number of alkyl halides is 2. The van der Waals surface area contributed by atoms with E-state index < -0.39 is 18.4 Å². The number of ketones is 1. The zero-order chi connectivity index (χ0) is 43.4. The number of hydrogen-bond donors (Lipinski definition) is 1. The summed E-state index contributed by atoms with van der Waals surface area (Å²) in [6, 6.07) is 7.23. The molecule has 4 aliphatic heterocycles. The lowest BCUT2D eigenvalue weighted by Gasteiger charge is -2.36. The Kier molecular flexibility index (Phi) is 11.5. The Hall–Kier alpha value is -5.33. The van der Waals surface area contributed by atoms with Gasteiger partial charge in [0.25, 0.3) is 6.43 Å². The molecule has 4 saturated heterocycles. The Bertz CT molecular complexity index is 2580. The fourth-order valence-electron chi connectivity index (χ4n) is 10.8. The lowest BCUT2D eigenvalue weighted by atomic mass is 9.85. The number of halogens is 2. The number of anilines is 1. The number of likely N-dealkylation sites (tertiary alicyclic amines) is 1. The van der Waals surface area contributed by atoms with Crippen molar-refractivity contribution in [1.82, 2.24) is 43.7 Å². The van der Waals surface area contributed by atoms with Gasteiger partial charge in [-0.05, 0) is 87.8 Å². The first-order chi connectivity index (χ1) is 30.6. The number of rotatable bonds is 14. The summed E-state index contributed by atoms with van der Waals surface area (Å²) in [7, 11) is 1.73. The van der Waals surface area contributed by atoms with E-state index in [0.717, 1.165) is 101 Å². The van der Waals surface area contributed by atoms with Crippen molar-refractivity contribution in [3.8, 4) is 0 Å². The number of benzene rings is 1. The van der Waals surface area contributed by atoms with Crippen molar-refractivity contribution in [2.75, 3.05) is 44.3 Å². The highest BCUT2D eigenvalue weighted by atomic mass is 19.3. The molecule has 10 rings (SSSR count). The van der Waals surface area contributed by atoms with Gasteiger partial charge in [-0.25, -0.2) is 23.1 Å². The van der Waals surface area contributed by atoms with Gasteiger partial charge in [0, 0.05) is 70.6 Å². The van der Waals surface area contributed by atoms with Crippen molar-refractivity contribution in [3.05, 3.63) is 75.7 Å². The van der Waals surface area contributed by atoms with E-state index in [9.17, 15) is 28.0 Å². The number of imidazole rings is 1. The van der Waals surface area contributed by atoms with Crippen LogP contribution < -0.4 is 15.9 Å². The highest BCUT2D eigenvalue weighted by molar-refractivity contribution is 6.02. The normalized spacial score (nSPS) is 24.7. The Morgan fingerprint density at radius 3 is 2.59 bits per heavy atom. The molecule has 1 aliphatic carbocycles. The van der Waals surface area contributed by atoms with E-state index in [2.05, 4.69) is 25.3 Å². The fraction of sp³-hybridized carbons (Fsp3) is 0.578. The Labute approximate surface area is 362 Å². The van der Waals surface area contributed by atoms with Gasteiger partial charge in [-0.15, -0.1) is 0 Å². The summed E-state index contributed by atoms with van der Waals surface area (Å²) in [5.41, 5.74) is 2.90. The molecule has 0 spiro atoms. The molecule has 0 radical (unpaired) electrons. The average molecular weight is 869 g/mol. The van der Waals surface area contributed by atoms with Crippen LogP contribution in [0.2, 0.25) is 0 Å². The fourth-order valence-corrected chi connectivity index (χ4v) is 10.8. The maximum atomic E-state index is 14.3. The number of hydrogen-bond acceptors (Lipinski definition) is 11. The van der Waals surface area contributed by atoms with Gasteiger partial charge in [0.05, 0.1) is 53.7 Å². The van der Waals surface area contributed by atoms with E-state index in [1.54, 1.807) is 33.2 Å². The third kappa shape index (κ3) is 8.21. The molecule has 5 fully saturated rings. The number of nitrogens with zero attached hydrogens (tertiary/aromatic N) is 9. The monoisotopic (exact) mass is 868 g/mol.